The fourth-order valence-electron chi connectivity index (χ4n) is 2.50. The van der Waals surface area contributed by atoms with Gasteiger partial charge in [-0.25, -0.2) is 13.1 Å². The number of benzene rings is 1. The highest BCUT2D eigenvalue weighted by Crippen LogP contribution is 2.11. The van der Waals surface area contributed by atoms with E-state index in [1.807, 2.05) is 26.2 Å². The zero-order chi connectivity index (χ0) is 16.0. The third-order valence-corrected chi connectivity index (χ3v) is 5.14. The zero-order valence-corrected chi connectivity index (χ0v) is 16.6. The van der Waals surface area contributed by atoms with E-state index in [9.17, 15) is 8.42 Å². The van der Waals surface area contributed by atoms with Crippen molar-refractivity contribution in [1.29, 1.82) is 0 Å². The normalized spacial score (nSPS) is 15.6. The average Bonchev–Trinajstić information content (AvgIpc) is 2.48. The number of halogens is 2. The van der Waals surface area contributed by atoms with Crippen molar-refractivity contribution in [3.63, 3.8) is 0 Å². The lowest BCUT2D eigenvalue weighted by Crippen LogP contribution is -2.46. The first-order chi connectivity index (χ1) is 10.5. The number of sulfonamides is 1. The highest BCUT2D eigenvalue weighted by Gasteiger charge is 2.15. The number of hydrogen-bond acceptors (Lipinski definition) is 5. The summed E-state index contributed by atoms with van der Waals surface area (Å²) in [5, 5.41) is 3.28. The van der Waals surface area contributed by atoms with E-state index < -0.39 is 10.0 Å². The molecular formula is C15H28Cl2N4O2S. The molecule has 1 saturated heterocycles. The van der Waals surface area contributed by atoms with Gasteiger partial charge in [-0.05, 0) is 31.8 Å². The number of piperazine rings is 1. The van der Waals surface area contributed by atoms with Gasteiger partial charge in [0, 0.05) is 45.8 Å². The summed E-state index contributed by atoms with van der Waals surface area (Å²) >= 11 is 0. The third-order valence-electron chi connectivity index (χ3n) is 3.66. The van der Waals surface area contributed by atoms with Crippen LogP contribution in [-0.2, 0) is 16.6 Å². The SMILES string of the molecule is CN(C)Cc1ccc(S(=O)(=O)NCCN2CCNCC2)cc1.Cl.Cl. The second-order valence-electron chi connectivity index (χ2n) is 5.87. The Morgan fingerprint density at radius 2 is 1.71 bits per heavy atom. The summed E-state index contributed by atoms with van der Waals surface area (Å²) in [6.45, 7) is 5.89. The maximum Gasteiger partial charge on any atom is 0.240 e. The quantitative estimate of drug-likeness (QED) is 0.710. The van der Waals surface area contributed by atoms with E-state index in [1.54, 1.807) is 12.1 Å². The smallest absolute Gasteiger partial charge is 0.240 e. The number of nitrogens with one attached hydrogen (secondary N) is 2. The molecule has 1 fully saturated rings. The molecule has 0 saturated carbocycles. The van der Waals surface area contributed by atoms with Gasteiger partial charge >= 0.3 is 0 Å². The lowest BCUT2D eigenvalue weighted by molar-refractivity contribution is 0.245. The molecule has 24 heavy (non-hydrogen) atoms. The van der Waals surface area contributed by atoms with Crippen LogP contribution in [0.2, 0.25) is 0 Å². The van der Waals surface area contributed by atoms with Crippen molar-refractivity contribution in [2.75, 3.05) is 53.4 Å². The molecule has 0 aromatic heterocycles. The molecule has 0 amide bonds. The Hall–Kier alpha value is -0.410. The van der Waals surface area contributed by atoms with E-state index in [-0.39, 0.29) is 24.8 Å². The predicted molar refractivity (Wildman–Crippen MR) is 103 cm³/mol. The van der Waals surface area contributed by atoms with Gasteiger partial charge in [-0.2, -0.15) is 0 Å². The minimum absolute atomic E-state index is 0. The first kappa shape index (κ1) is 23.6. The van der Waals surface area contributed by atoms with Crippen molar-refractivity contribution >= 4 is 34.8 Å². The summed E-state index contributed by atoms with van der Waals surface area (Å²) in [6.07, 6.45) is 0. The van der Waals surface area contributed by atoms with Crippen LogP contribution in [0.3, 0.4) is 0 Å². The van der Waals surface area contributed by atoms with Gasteiger partial charge in [0.1, 0.15) is 0 Å². The molecular weight excluding hydrogens is 371 g/mol. The largest absolute Gasteiger partial charge is 0.314 e. The summed E-state index contributed by atoms with van der Waals surface area (Å²) in [6, 6.07) is 7.08. The van der Waals surface area contributed by atoms with Gasteiger partial charge in [-0.1, -0.05) is 12.1 Å². The van der Waals surface area contributed by atoms with Crippen LogP contribution in [-0.4, -0.2) is 71.6 Å². The number of nitrogens with zero attached hydrogens (tertiary/aromatic N) is 2. The highest BCUT2D eigenvalue weighted by atomic mass is 35.5. The van der Waals surface area contributed by atoms with E-state index in [0.29, 0.717) is 11.4 Å². The Labute approximate surface area is 157 Å². The van der Waals surface area contributed by atoms with Gasteiger partial charge in [-0.15, -0.1) is 24.8 Å². The molecule has 1 aliphatic heterocycles. The van der Waals surface area contributed by atoms with Crippen LogP contribution >= 0.6 is 24.8 Å². The van der Waals surface area contributed by atoms with E-state index in [0.717, 1.165) is 44.8 Å². The van der Waals surface area contributed by atoms with Gasteiger partial charge in [0.25, 0.3) is 0 Å². The van der Waals surface area contributed by atoms with Crippen LogP contribution in [0.5, 0.6) is 0 Å². The van der Waals surface area contributed by atoms with Crippen LogP contribution < -0.4 is 10.0 Å². The molecule has 140 valence electrons. The van der Waals surface area contributed by atoms with Crippen LogP contribution in [0.15, 0.2) is 29.2 Å². The number of hydrogen-bond donors (Lipinski definition) is 2. The molecule has 0 radical (unpaired) electrons. The standard InChI is InChI=1S/C15H26N4O2S.2ClH/c1-18(2)13-14-3-5-15(6-4-14)22(20,21)17-9-12-19-10-7-16-8-11-19;;/h3-6,16-17H,7-13H2,1-2H3;2*1H. The Bertz CT molecular complexity index is 561. The number of rotatable bonds is 7. The molecule has 0 bridgehead atoms. The second-order valence-corrected chi connectivity index (χ2v) is 7.64. The lowest BCUT2D eigenvalue weighted by Gasteiger charge is -2.27. The van der Waals surface area contributed by atoms with Crippen molar-refractivity contribution in [3.05, 3.63) is 29.8 Å². The van der Waals surface area contributed by atoms with E-state index in [1.165, 1.54) is 0 Å². The van der Waals surface area contributed by atoms with E-state index in [2.05, 4.69) is 19.8 Å². The predicted octanol–water partition coefficient (Wildman–Crippen LogP) is 0.775. The lowest BCUT2D eigenvalue weighted by atomic mass is 10.2. The highest BCUT2D eigenvalue weighted by molar-refractivity contribution is 7.89. The van der Waals surface area contributed by atoms with Crippen molar-refractivity contribution in [2.24, 2.45) is 0 Å². The summed E-state index contributed by atoms with van der Waals surface area (Å²) in [5.74, 6) is 0. The molecule has 0 atom stereocenters. The van der Waals surface area contributed by atoms with Gasteiger partial charge < -0.3 is 10.2 Å². The first-order valence-electron chi connectivity index (χ1n) is 7.64. The summed E-state index contributed by atoms with van der Waals surface area (Å²) in [4.78, 5) is 4.64. The Kier molecular flexibility index (Phi) is 11.1. The van der Waals surface area contributed by atoms with Crippen molar-refractivity contribution < 1.29 is 8.42 Å². The molecule has 1 aliphatic rings. The molecule has 0 aliphatic carbocycles. The van der Waals surface area contributed by atoms with Gasteiger partial charge in [0.05, 0.1) is 4.90 Å². The molecule has 2 rings (SSSR count). The second kappa shape index (κ2) is 11.3. The molecule has 0 spiro atoms. The summed E-state index contributed by atoms with van der Waals surface area (Å²) in [5.41, 5.74) is 1.10. The summed E-state index contributed by atoms with van der Waals surface area (Å²) in [7, 11) is 0.565. The molecule has 2 N–H and O–H groups in total. The van der Waals surface area contributed by atoms with Crippen molar-refractivity contribution in [2.45, 2.75) is 11.4 Å². The van der Waals surface area contributed by atoms with Crippen molar-refractivity contribution in [1.82, 2.24) is 19.8 Å². The monoisotopic (exact) mass is 398 g/mol. The van der Waals surface area contributed by atoms with Gasteiger partial charge in [0.2, 0.25) is 10.0 Å². The average molecular weight is 399 g/mol. The van der Waals surface area contributed by atoms with Crippen LogP contribution in [0.1, 0.15) is 5.56 Å². The molecule has 9 heteroatoms. The Morgan fingerprint density at radius 3 is 2.25 bits per heavy atom. The van der Waals surface area contributed by atoms with Crippen LogP contribution in [0.4, 0.5) is 0 Å². The molecule has 1 heterocycles. The van der Waals surface area contributed by atoms with Crippen LogP contribution in [0, 0.1) is 0 Å². The molecule has 6 nitrogen and oxygen atoms in total. The topological polar surface area (TPSA) is 64.7 Å². The maximum atomic E-state index is 12.3. The fraction of sp³-hybridized carbons (Fsp3) is 0.600. The fourth-order valence-corrected chi connectivity index (χ4v) is 3.52. The molecule has 1 aromatic carbocycles. The van der Waals surface area contributed by atoms with E-state index in [4.69, 9.17) is 0 Å². The maximum absolute atomic E-state index is 12.3. The zero-order valence-electron chi connectivity index (χ0n) is 14.2. The van der Waals surface area contributed by atoms with E-state index >= 15 is 0 Å². The minimum atomic E-state index is -3.41. The first-order valence-corrected chi connectivity index (χ1v) is 9.12. The van der Waals surface area contributed by atoms with Crippen molar-refractivity contribution in [3.8, 4) is 0 Å². The third kappa shape index (κ3) is 7.65. The minimum Gasteiger partial charge on any atom is -0.314 e. The molecule has 0 unspecified atom stereocenters. The van der Waals surface area contributed by atoms with Gasteiger partial charge in [-0.3, -0.25) is 4.90 Å². The Balaban J connectivity index is 0.00000264. The molecule has 1 aromatic rings. The van der Waals surface area contributed by atoms with Crippen LogP contribution in [0.25, 0.3) is 0 Å². The summed E-state index contributed by atoms with van der Waals surface area (Å²) < 4.78 is 27.2. The van der Waals surface area contributed by atoms with Gasteiger partial charge in [0.15, 0.2) is 0 Å². The Morgan fingerprint density at radius 1 is 1.12 bits per heavy atom.